The van der Waals surface area contributed by atoms with E-state index in [-0.39, 0.29) is 28.6 Å². The van der Waals surface area contributed by atoms with Crippen LogP contribution in [-0.4, -0.2) is 18.0 Å². The van der Waals surface area contributed by atoms with Gasteiger partial charge in [0.15, 0.2) is 5.78 Å². The fourth-order valence-corrected chi connectivity index (χ4v) is 1.32. The second kappa shape index (κ2) is 4.65. The number of hydrogen-bond acceptors (Lipinski definition) is 5. The fourth-order valence-electron chi connectivity index (χ4n) is 1.32. The van der Waals surface area contributed by atoms with Crippen molar-refractivity contribution >= 4 is 11.5 Å². The highest BCUT2D eigenvalue weighted by Gasteiger charge is 2.14. The lowest BCUT2D eigenvalue weighted by Crippen LogP contribution is -2.05. The van der Waals surface area contributed by atoms with Crippen LogP contribution in [0.1, 0.15) is 18.2 Å². The zero-order valence-electron chi connectivity index (χ0n) is 9.23. The Balaban J connectivity index is 3.43. The van der Waals surface area contributed by atoms with Crippen molar-refractivity contribution < 1.29 is 19.1 Å². The second-order valence-corrected chi connectivity index (χ2v) is 3.21. The Labute approximate surface area is 92.0 Å². The normalized spacial score (nSPS) is 11.3. The molecule has 0 fully saturated rings. The van der Waals surface area contributed by atoms with Crippen molar-refractivity contribution in [2.45, 2.75) is 13.8 Å². The molecule has 0 saturated carbocycles. The third kappa shape index (κ3) is 2.50. The summed E-state index contributed by atoms with van der Waals surface area (Å²) in [4.78, 5) is 21.9. The van der Waals surface area contributed by atoms with Gasteiger partial charge in [0.05, 0.1) is 18.7 Å². The molecular formula is C11H12O5. The van der Waals surface area contributed by atoms with Gasteiger partial charge in [-0.05, 0) is 13.8 Å². The summed E-state index contributed by atoms with van der Waals surface area (Å²) in [5, 5.41) is 9.67. The minimum Gasteiger partial charge on any atom is -0.507 e. The zero-order chi connectivity index (χ0) is 12.3. The Hall–Kier alpha value is -2.04. The van der Waals surface area contributed by atoms with Crippen LogP contribution in [-0.2, 0) is 4.79 Å². The molecule has 5 heteroatoms. The molecule has 0 aliphatic carbocycles. The molecule has 0 saturated heterocycles. The monoisotopic (exact) mass is 224 g/mol. The molecule has 1 aromatic rings. The first kappa shape index (κ1) is 12.0. The molecule has 5 nitrogen and oxygen atoms in total. The molecule has 0 atom stereocenters. The van der Waals surface area contributed by atoms with Crippen LogP contribution in [0.15, 0.2) is 21.4 Å². The van der Waals surface area contributed by atoms with E-state index < -0.39 is 5.63 Å². The molecule has 1 N–H and O–H groups in total. The van der Waals surface area contributed by atoms with Gasteiger partial charge in [0, 0.05) is 6.08 Å². The number of carbonyl (C=O) groups excluding carboxylic acids is 1. The van der Waals surface area contributed by atoms with Crippen molar-refractivity contribution in [3.05, 3.63) is 33.9 Å². The van der Waals surface area contributed by atoms with Crippen LogP contribution in [0.3, 0.4) is 0 Å². The molecule has 1 rings (SSSR count). The maximum atomic E-state index is 11.1. The molecule has 0 aliphatic rings. The van der Waals surface area contributed by atoms with Crippen LogP contribution in [0.4, 0.5) is 0 Å². The molecule has 1 aromatic heterocycles. The quantitative estimate of drug-likeness (QED) is 0.621. The van der Waals surface area contributed by atoms with E-state index in [0.717, 1.165) is 12.1 Å². The maximum absolute atomic E-state index is 11.1. The van der Waals surface area contributed by atoms with Crippen molar-refractivity contribution in [3.8, 4) is 5.75 Å². The van der Waals surface area contributed by atoms with E-state index in [1.54, 1.807) is 0 Å². The molecule has 0 aromatic carbocycles. The van der Waals surface area contributed by atoms with Gasteiger partial charge in [0.25, 0.3) is 0 Å². The van der Waals surface area contributed by atoms with Crippen molar-refractivity contribution in [2.75, 3.05) is 7.11 Å². The van der Waals surface area contributed by atoms with Crippen LogP contribution in [0.2, 0.25) is 0 Å². The molecule has 0 unspecified atom stereocenters. The fraction of sp³-hybridized carbons (Fsp3) is 0.273. The smallest absolute Gasteiger partial charge is 0.339 e. The van der Waals surface area contributed by atoms with Gasteiger partial charge >= 0.3 is 5.63 Å². The Morgan fingerprint density at radius 1 is 1.56 bits per heavy atom. The van der Waals surface area contributed by atoms with Crippen molar-refractivity contribution in [3.63, 3.8) is 0 Å². The topological polar surface area (TPSA) is 76.7 Å². The Morgan fingerprint density at radius 2 is 2.19 bits per heavy atom. The third-order valence-electron chi connectivity index (χ3n) is 1.92. The SMILES string of the molecule is COc1cc(=O)oc(C)c1/C(O)=C\C(C)=O. The van der Waals surface area contributed by atoms with Crippen LogP contribution >= 0.6 is 0 Å². The number of ether oxygens (including phenoxy) is 1. The first-order chi connectivity index (χ1) is 7.45. The summed E-state index contributed by atoms with van der Waals surface area (Å²) < 4.78 is 9.74. The predicted octanol–water partition coefficient (Wildman–Crippen LogP) is 1.44. The molecule has 0 amide bonds. The van der Waals surface area contributed by atoms with Gasteiger partial charge in [0.1, 0.15) is 17.3 Å². The van der Waals surface area contributed by atoms with Gasteiger partial charge in [-0.25, -0.2) is 4.79 Å². The summed E-state index contributed by atoms with van der Waals surface area (Å²) in [6.45, 7) is 2.81. The van der Waals surface area contributed by atoms with Gasteiger partial charge in [-0.2, -0.15) is 0 Å². The summed E-state index contributed by atoms with van der Waals surface area (Å²) in [5.74, 6) is -0.237. The summed E-state index contributed by atoms with van der Waals surface area (Å²) in [6, 6.07) is 1.10. The lowest BCUT2D eigenvalue weighted by atomic mass is 10.1. The first-order valence-electron chi connectivity index (χ1n) is 4.56. The highest BCUT2D eigenvalue weighted by molar-refractivity contribution is 5.94. The van der Waals surface area contributed by atoms with E-state index in [4.69, 9.17) is 9.15 Å². The molecule has 0 spiro atoms. The van der Waals surface area contributed by atoms with Crippen LogP contribution in [0.25, 0.3) is 5.76 Å². The van der Waals surface area contributed by atoms with E-state index in [2.05, 4.69) is 0 Å². The third-order valence-corrected chi connectivity index (χ3v) is 1.92. The molecule has 16 heavy (non-hydrogen) atoms. The number of aryl methyl sites for hydroxylation is 1. The van der Waals surface area contributed by atoms with Gasteiger partial charge in [-0.3, -0.25) is 4.79 Å². The summed E-state index contributed by atoms with van der Waals surface area (Å²) in [5.41, 5.74) is -0.369. The summed E-state index contributed by atoms with van der Waals surface area (Å²) in [7, 11) is 1.36. The summed E-state index contributed by atoms with van der Waals surface area (Å²) >= 11 is 0. The van der Waals surface area contributed by atoms with E-state index in [1.165, 1.54) is 21.0 Å². The molecule has 0 bridgehead atoms. The average Bonchev–Trinajstić information content (AvgIpc) is 2.14. The van der Waals surface area contributed by atoms with Crippen LogP contribution < -0.4 is 10.4 Å². The molecule has 0 aliphatic heterocycles. The Bertz CT molecular complexity index is 496. The lowest BCUT2D eigenvalue weighted by molar-refractivity contribution is -0.112. The number of allylic oxidation sites excluding steroid dienone is 1. The highest BCUT2D eigenvalue weighted by atomic mass is 16.5. The minimum absolute atomic E-state index is 0.170. The number of methoxy groups -OCH3 is 1. The van der Waals surface area contributed by atoms with E-state index in [0.29, 0.717) is 0 Å². The van der Waals surface area contributed by atoms with Crippen molar-refractivity contribution in [1.82, 2.24) is 0 Å². The average molecular weight is 224 g/mol. The van der Waals surface area contributed by atoms with E-state index >= 15 is 0 Å². The number of hydrogen-bond donors (Lipinski definition) is 1. The second-order valence-electron chi connectivity index (χ2n) is 3.21. The van der Waals surface area contributed by atoms with Gasteiger partial charge in [0.2, 0.25) is 0 Å². The zero-order valence-corrected chi connectivity index (χ0v) is 9.23. The largest absolute Gasteiger partial charge is 0.507 e. The highest BCUT2D eigenvalue weighted by Crippen LogP contribution is 2.25. The van der Waals surface area contributed by atoms with Crippen molar-refractivity contribution in [1.29, 1.82) is 0 Å². The van der Waals surface area contributed by atoms with E-state index in [9.17, 15) is 14.7 Å². The number of ketones is 1. The number of carbonyl (C=O) groups is 1. The number of aliphatic hydroxyl groups is 1. The number of rotatable bonds is 3. The Kier molecular flexibility index (Phi) is 3.50. The van der Waals surface area contributed by atoms with Crippen LogP contribution in [0.5, 0.6) is 5.75 Å². The Morgan fingerprint density at radius 3 is 2.69 bits per heavy atom. The minimum atomic E-state index is -0.575. The molecular weight excluding hydrogens is 212 g/mol. The number of aliphatic hydroxyl groups excluding tert-OH is 1. The molecule has 0 radical (unpaired) electrons. The van der Waals surface area contributed by atoms with Crippen LogP contribution in [0, 0.1) is 6.92 Å². The standard InChI is InChI=1S/C11H12O5/c1-6(12)4-8(13)11-7(2)16-10(14)5-9(11)15-3/h4-5,13H,1-3H3/b8-4+. The maximum Gasteiger partial charge on any atom is 0.339 e. The van der Waals surface area contributed by atoms with Crippen molar-refractivity contribution in [2.24, 2.45) is 0 Å². The van der Waals surface area contributed by atoms with Gasteiger partial charge in [-0.15, -0.1) is 0 Å². The van der Waals surface area contributed by atoms with Gasteiger partial charge in [-0.1, -0.05) is 0 Å². The first-order valence-corrected chi connectivity index (χ1v) is 4.56. The van der Waals surface area contributed by atoms with E-state index in [1.807, 2.05) is 0 Å². The van der Waals surface area contributed by atoms with Gasteiger partial charge < -0.3 is 14.3 Å². The molecule has 86 valence electrons. The predicted molar refractivity (Wildman–Crippen MR) is 57.6 cm³/mol. The summed E-state index contributed by atoms with van der Waals surface area (Å²) in [6.07, 6.45) is 1.03. The lowest BCUT2D eigenvalue weighted by Gasteiger charge is -2.08. The molecule has 1 heterocycles.